The van der Waals surface area contributed by atoms with Crippen LogP contribution in [0.1, 0.15) is 37.7 Å². The van der Waals surface area contributed by atoms with Gasteiger partial charge in [0.2, 0.25) is 9.84 Å². The Bertz CT molecular complexity index is 1220. The molecule has 0 bridgehead atoms. The Balaban J connectivity index is 1.70. The Hall–Kier alpha value is -2.80. The first-order valence-corrected chi connectivity index (χ1v) is 11.4. The zero-order valence-electron chi connectivity index (χ0n) is 17.6. The van der Waals surface area contributed by atoms with Gasteiger partial charge >= 0.3 is 6.09 Å². The van der Waals surface area contributed by atoms with Crippen LogP contribution in [0.5, 0.6) is 0 Å². The Morgan fingerprint density at radius 3 is 2.40 bits per heavy atom. The molecule has 1 amide bonds. The summed E-state index contributed by atoms with van der Waals surface area (Å²) in [6.07, 6.45) is 0.175. The van der Waals surface area contributed by atoms with Crippen molar-refractivity contribution in [3.05, 3.63) is 59.4 Å². The lowest BCUT2D eigenvalue weighted by molar-refractivity contribution is 0.0220. The summed E-state index contributed by atoms with van der Waals surface area (Å²) in [4.78, 5) is 14.6. The number of carbonyl (C=O) groups excluding carboxylic acids is 1. The van der Waals surface area contributed by atoms with Crippen LogP contribution in [0.15, 0.2) is 56.7 Å². The van der Waals surface area contributed by atoms with E-state index in [9.17, 15) is 13.2 Å². The minimum absolute atomic E-state index is 0.205. The summed E-state index contributed by atoms with van der Waals surface area (Å²) in [6.45, 7) is 8.22. The van der Waals surface area contributed by atoms with Crippen molar-refractivity contribution in [2.45, 2.75) is 56.1 Å². The lowest BCUT2D eigenvalue weighted by Gasteiger charge is -2.29. The highest BCUT2D eigenvalue weighted by molar-refractivity contribution is 7.91. The third-order valence-corrected chi connectivity index (χ3v) is 6.86. The first-order valence-electron chi connectivity index (χ1n) is 9.88. The molecule has 0 saturated carbocycles. The van der Waals surface area contributed by atoms with E-state index in [1.165, 1.54) is 0 Å². The third-order valence-electron chi connectivity index (χ3n) is 5.10. The number of amides is 1. The highest BCUT2D eigenvalue weighted by Gasteiger charge is 2.29. The molecule has 2 heterocycles. The van der Waals surface area contributed by atoms with E-state index in [0.717, 1.165) is 16.9 Å². The Labute approximate surface area is 176 Å². The molecule has 0 radical (unpaired) electrons. The number of carbonyl (C=O) groups is 1. The molecule has 158 valence electrons. The number of furan rings is 1. The molecule has 30 heavy (non-hydrogen) atoms. The van der Waals surface area contributed by atoms with E-state index in [-0.39, 0.29) is 15.9 Å². The number of sulfone groups is 1. The fourth-order valence-corrected chi connectivity index (χ4v) is 4.85. The molecule has 0 N–H and O–H groups in total. The van der Waals surface area contributed by atoms with Gasteiger partial charge in [-0.2, -0.15) is 0 Å². The molecule has 6 nitrogen and oxygen atoms in total. The first-order chi connectivity index (χ1) is 14.0. The Morgan fingerprint density at radius 2 is 1.73 bits per heavy atom. The zero-order chi connectivity index (χ0) is 21.7. The smallest absolute Gasteiger partial charge is 0.410 e. The number of rotatable bonds is 2. The van der Waals surface area contributed by atoms with Crippen molar-refractivity contribution in [2.75, 3.05) is 6.54 Å². The molecule has 0 saturated heterocycles. The fourth-order valence-electron chi connectivity index (χ4n) is 3.56. The summed E-state index contributed by atoms with van der Waals surface area (Å²) in [7, 11) is -3.65. The van der Waals surface area contributed by atoms with Crippen molar-refractivity contribution in [2.24, 2.45) is 0 Å². The molecule has 0 atom stereocenters. The normalized spacial score (nSPS) is 14.6. The summed E-state index contributed by atoms with van der Waals surface area (Å²) in [5.41, 5.74) is 1.87. The number of aryl methyl sites for hydroxylation is 1. The van der Waals surface area contributed by atoms with E-state index in [1.807, 2.05) is 27.7 Å². The maximum absolute atomic E-state index is 13.1. The van der Waals surface area contributed by atoms with E-state index >= 15 is 0 Å². The summed E-state index contributed by atoms with van der Waals surface area (Å²) in [5.74, 6) is 0.787. The van der Waals surface area contributed by atoms with Crippen LogP contribution in [0.4, 0.5) is 4.79 Å². The first kappa shape index (κ1) is 20.5. The van der Waals surface area contributed by atoms with Gasteiger partial charge in [0.1, 0.15) is 16.9 Å². The Kier molecular flexibility index (Phi) is 4.89. The number of fused-ring (bicyclic) bond motifs is 3. The summed E-state index contributed by atoms with van der Waals surface area (Å²) < 4.78 is 37.6. The van der Waals surface area contributed by atoms with Gasteiger partial charge in [0, 0.05) is 23.9 Å². The van der Waals surface area contributed by atoms with Crippen molar-refractivity contribution in [1.82, 2.24) is 4.90 Å². The maximum atomic E-state index is 13.1. The van der Waals surface area contributed by atoms with E-state index in [0.29, 0.717) is 30.5 Å². The Morgan fingerprint density at radius 1 is 1.07 bits per heavy atom. The average molecular weight is 428 g/mol. The highest BCUT2D eigenvalue weighted by Crippen LogP contribution is 2.34. The number of ether oxygens (including phenoxy) is 1. The zero-order valence-corrected chi connectivity index (χ0v) is 18.4. The SMILES string of the molecule is Cc1ccc(S(=O)(=O)c2ccc3oc4c(c3c2)CN(C(=O)OC(C)(C)C)CC4)cc1. The van der Waals surface area contributed by atoms with E-state index in [2.05, 4.69) is 0 Å². The van der Waals surface area contributed by atoms with Crippen LogP contribution >= 0.6 is 0 Å². The standard InChI is InChI=1S/C23H25NO5S/c1-15-5-7-16(8-6-15)30(26,27)17-9-10-20-18(13-17)19-14-24(12-11-21(19)28-20)22(25)29-23(2,3)4/h5-10,13H,11-12,14H2,1-4H3. The lowest BCUT2D eigenvalue weighted by Crippen LogP contribution is -2.39. The topological polar surface area (TPSA) is 76.8 Å². The second-order valence-electron chi connectivity index (χ2n) is 8.63. The van der Waals surface area contributed by atoms with Gasteiger partial charge in [-0.25, -0.2) is 13.2 Å². The molecule has 1 aliphatic heterocycles. The van der Waals surface area contributed by atoms with Crippen LogP contribution in [-0.2, 0) is 27.5 Å². The second kappa shape index (κ2) is 7.16. The largest absolute Gasteiger partial charge is 0.461 e. The van der Waals surface area contributed by atoms with Crippen LogP contribution in [-0.4, -0.2) is 31.6 Å². The summed E-state index contributed by atoms with van der Waals surface area (Å²) in [5, 5.41) is 0.714. The van der Waals surface area contributed by atoms with Gasteiger partial charge in [0.05, 0.1) is 16.3 Å². The number of hydrogen-bond acceptors (Lipinski definition) is 5. The number of nitrogens with zero attached hydrogens (tertiary/aromatic N) is 1. The molecule has 3 aromatic rings. The van der Waals surface area contributed by atoms with Crippen molar-refractivity contribution < 1.29 is 22.4 Å². The van der Waals surface area contributed by atoms with Gasteiger partial charge in [-0.05, 0) is 58.0 Å². The van der Waals surface area contributed by atoms with Gasteiger partial charge < -0.3 is 14.1 Å². The average Bonchev–Trinajstić information content (AvgIpc) is 3.04. The van der Waals surface area contributed by atoms with Gasteiger partial charge in [-0.1, -0.05) is 17.7 Å². The van der Waals surface area contributed by atoms with E-state index in [1.54, 1.807) is 47.4 Å². The van der Waals surface area contributed by atoms with E-state index in [4.69, 9.17) is 9.15 Å². The summed E-state index contributed by atoms with van der Waals surface area (Å²) >= 11 is 0. The third kappa shape index (κ3) is 3.81. The fraction of sp³-hybridized carbons (Fsp3) is 0.348. The highest BCUT2D eigenvalue weighted by atomic mass is 32.2. The second-order valence-corrected chi connectivity index (χ2v) is 10.6. The monoisotopic (exact) mass is 427 g/mol. The van der Waals surface area contributed by atoms with Crippen molar-refractivity contribution in [3.63, 3.8) is 0 Å². The van der Waals surface area contributed by atoms with Crippen molar-refractivity contribution >= 4 is 26.9 Å². The molecular formula is C23H25NO5S. The quantitative estimate of drug-likeness (QED) is 0.583. The molecule has 0 unspecified atom stereocenters. The number of benzene rings is 2. The van der Waals surface area contributed by atoms with Gasteiger partial charge in [0.15, 0.2) is 0 Å². The van der Waals surface area contributed by atoms with Crippen LogP contribution < -0.4 is 0 Å². The minimum atomic E-state index is -3.65. The molecule has 0 spiro atoms. The minimum Gasteiger partial charge on any atom is -0.461 e. The molecule has 1 aromatic heterocycles. The maximum Gasteiger partial charge on any atom is 0.410 e. The van der Waals surface area contributed by atoms with Crippen molar-refractivity contribution in [1.29, 1.82) is 0 Å². The van der Waals surface area contributed by atoms with Gasteiger partial charge in [0.25, 0.3) is 0 Å². The van der Waals surface area contributed by atoms with E-state index < -0.39 is 15.4 Å². The van der Waals surface area contributed by atoms with Crippen LogP contribution in [0.3, 0.4) is 0 Å². The molecular weight excluding hydrogens is 402 g/mol. The van der Waals surface area contributed by atoms with Gasteiger partial charge in [-0.15, -0.1) is 0 Å². The number of hydrogen-bond donors (Lipinski definition) is 0. The predicted molar refractivity (Wildman–Crippen MR) is 113 cm³/mol. The van der Waals surface area contributed by atoms with Crippen LogP contribution in [0.25, 0.3) is 11.0 Å². The predicted octanol–water partition coefficient (Wildman–Crippen LogP) is 4.87. The molecule has 4 rings (SSSR count). The summed E-state index contributed by atoms with van der Waals surface area (Å²) in [6, 6.07) is 11.7. The molecule has 0 fully saturated rings. The molecule has 2 aromatic carbocycles. The van der Waals surface area contributed by atoms with Crippen LogP contribution in [0.2, 0.25) is 0 Å². The van der Waals surface area contributed by atoms with Crippen molar-refractivity contribution in [3.8, 4) is 0 Å². The molecule has 0 aliphatic carbocycles. The van der Waals surface area contributed by atoms with Gasteiger partial charge in [-0.3, -0.25) is 0 Å². The molecule has 7 heteroatoms. The lowest BCUT2D eigenvalue weighted by atomic mass is 10.1. The van der Waals surface area contributed by atoms with Crippen LogP contribution in [0, 0.1) is 6.92 Å². The molecule has 1 aliphatic rings.